The summed E-state index contributed by atoms with van der Waals surface area (Å²) in [6.45, 7) is 5.71. The zero-order valence-corrected chi connectivity index (χ0v) is 22.7. The number of aromatic nitrogens is 1. The van der Waals surface area contributed by atoms with Gasteiger partial charge in [-0.2, -0.15) is 4.98 Å². The summed E-state index contributed by atoms with van der Waals surface area (Å²) in [5.74, 6) is 0.432. The number of esters is 1. The Hall–Kier alpha value is -2.14. The van der Waals surface area contributed by atoms with Crippen LogP contribution < -0.4 is 15.8 Å². The second-order valence-electron chi connectivity index (χ2n) is 10.3. The molecule has 5 heterocycles. The van der Waals surface area contributed by atoms with Crippen LogP contribution in [0.1, 0.15) is 55.3 Å². The van der Waals surface area contributed by atoms with Crippen molar-refractivity contribution in [3.05, 3.63) is 16.7 Å². The minimum absolute atomic E-state index is 0.0519. The molecule has 0 saturated carbocycles. The van der Waals surface area contributed by atoms with Gasteiger partial charge in [0.1, 0.15) is 17.5 Å². The normalized spacial score (nSPS) is 27.6. The number of halogens is 1. The van der Waals surface area contributed by atoms with Crippen molar-refractivity contribution in [2.45, 2.75) is 63.2 Å². The van der Waals surface area contributed by atoms with Crippen molar-refractivity contribution in [3.8, 4) is 5.88 Å². The lowest BCUT2D eigenvalue weighted by atomic mass is 9.86. The lowest BCUT2D eigenvalue weighted by molar-refractivity contribution is -0.158. The fraction of sp³-hybridized carbons (Fsp3) is 0.731. The maximum absolute atomic E-state index is 12.9. The molecule has 4 fully saturated rings. The third-order valence-corrected chi connectivity index (χ3v) is 8.21. The van der Waals surface area contributed by atoms with Gasteiger partial charge in [0, 0.05) is 33.2 Å². The molecule has 1 aromatic heterocycles. The quantitative estimate of drug-likeness (QED) is 0.324. The number of likely N-dealkylation sites (tertiary alicyclic amines) is 1. The summed E-state index contributed by atoms with van der Waals surface area (Å²) in [4.78, 5) is 34.0. The molecule has 4 aliphatic rings. The third-order valence-electron chi connectivity index (χ3n) is 7.90. The molecular formula is C26H40ClN5O5. The van der Waals surface area contributed by atoms with Crippen LogP contribution >= 0.6 is 11.6 Å². The number of piperidine rings is 4. The average Bonchev–Trinajstić information content (AvgIpc) is 2.91. The largest absolute Gasteiger partial charge is 0.480 e. The van der Waals surface area contributed by atoms with E-state index in [2.05, 4.69) is 20.1 Å². The van der Waals surface area contributed by atoms with Crippen LogP contribution in [0.25, 0.3) is 0 Å². The van der Waals surface area contributed by atoms with Crippen LogP contribution in [0, 0.1) is 5.92 Å². The summed E-state index contributed by atoms with van der Waals surface area (Å²) < 4.78 is 16.7. The molecular weight excluding hydrogens is 498 g/mol. The number of carbonyl (C=O) groups excluding carboxylic acids is 2. The van der Waals surface area contributed by atoms with Gasteiger partial charge >= 0.3 is 5.97 Å². The lowest BCUT2D eigenvalue weighted by Gasteiger charge is -2.43. The van der Waals surface area contributed by atoms with Gasteiger partial charge in [0.05, 0.1) is 24.3 Å². The number of fused-ring (bicyclic) bond motifs is 3. The molecule has 5 rings (SSSR count). The molecule has 2 bridgehead atoms. The number of amides is 1. The Bertz CT molecular complexity index is 942. The summed E-state index contributed by atoms with van der Waals surface area (Å²) >= 11 is 6.07. The van der Waals surface area contributed by atoms with E-state index in [1.54, 1.807) is 7.11 Å². The number of methoxy groups -OCH3 is 2. The Balaban J connectivity index is 1.15. The summed E-state index contributed by atoms with van der Waals surface area (Å²) in [6, 6.07) is 1.33. The molecule has 0 aromatic carbocycles. The summed E-state index contributed by atoms with van der Waals surface area (Å²) in [7, 11) is 3.10. The number of hydrogen-bond donors (Lipinski definition) is 2. The van der Waals surface area contributed by atoms with Crippen molar-refractivity contribution >= 4 is 29.3 Å². The van der Waals surface area contributed by atoms with Crippen molar-refractivity contribution in [1.29, 1.82) is 0 Å². The maximum atomic E-state index is 12.9. The van der Waals surface area contributed by atoms with Crippen LogP contribution in [0.2, 0.25) is 5.02 Å². The fourth-order valence-corrected chi connectivity index (χ4v) is 5.84. The third kappa shape index (κ3) is 7.25. The van der Waals surface area contributed by atoms with E-state index < -0.39 is 0 Å². The first-order chi connectivity index (χ1) is 17.9. The van der Waals surface area contributed by atoms with E-state index in [1.807, 2.05) is 0 Å². The Morgan fingerprint density at radius 2 is 1.89 bits per heavy atom. The van der Waals surface area contributed by atoms with Crippen molar-refractivity contribution in [2.24, 2.45) is 5.92 Å². The second-order valence-corrected chi connectivity index (χ2v) is 10.7. The van der Waals surface area contributed by atoms with Crippen LogP contribution in [0.3, 0.4) is 0 Å². The van der Waals surface area contributed by atoms with E-state index in [4.69, 9.17) is 31.5 Å². The van der Waals surface area contributed by atoms with Crippen LogP contribution in [0.4, 0.5) is 5.82 Å². The van der Waals surface area contributed by atoms with Gasteiger partial charge in [0.15, 0.2) is 0 Å². The lowest BCUT2D eigenvalue weighted by Crippen LogP contribution is -2.54. The molecule has 3 N–H and O–H groups in total. The van der Waals surface area contributed by atoms with Crippen LogP contribution in [0.15, 0.2) is 6.07 Å². The number of rotatable bonds is 11. The first-order valence-corrected chi connectivity index (χ1v) is 13.7. The topological polar surface area (TPSA) is 119 Å². The highest BCUT2D eigenvalue weighted by Crippen LogP contribution is 2.30. The number of nitrogen functional groups attached to an aromatic ring is 1. The average molecular weight is 538 g/mol. The maximum Gasteiger partial charge on any atom is 0.306 e. The standard InChI is InChI=1S/C26H40ClN5O5/c1-35-22-16-31(10-5-3-4-6-23(33)37-21-15-32-11-7-17(21)8-12-32)13-9-20(22)29-25(34)18-14-19(27)24(28)30-26(18)36-2/h14,17,20-22H,3-13,15-16H2,1-2H3,(H2,28,30)(H,29,34)/t20-,21-,22+/m1/s1. The summed E-state index contributed by atoms with van der Waals surface area (Å²) in [6.07, 6.45) is 6.35. The van der Waals surface area contributed by atoms with Crippen molar-refractivity contribution in [3.63, 3.8) is 0 Å². The molecule has 10 nitrogen and oxygen atoms in total. The Morgan fingerprint density at radius 1 is 1.11 bits per heavy atom. The summed E-state index contributed by atoms with van der Waals surface area (Å²) in [5.41, 5.74) is 5.97. The fourth-order valence-electron chi connectivity index (χ4n) is 5.69. The SMILES string of the molecule is COc1nc(N)c(Cl)cc1C(=O)N[C@@H]1CCN(CCCCCC(=O)O[C@@H]2CN3CCC2CC3)C[C@@H]1OC. The molecule has 1 amide bonds. The summed E-state index contributed by atoms with van der Waals surface area (Å²) in [5, 5.41) is 3.25. The number of nitrogens with zero attached hydrogens (tertiary/aromatic N) is 3. The Morgan fingerprint density at radius 3 is 2.57 bits per heavy atom. The molecule has 4 aliphatic heterocycles. The van der Waals surface area contributed by atoms with E-state index in [0.717, 1.165) is 77.8 Å². The number of carbonyl (C=O) groups is 2. The highest BCUT2D eigenvalue weighted by Gasteiger charge is 2.36. The van der Waals surface area contributed by atoms with Crippen LogP contribution in [-0.2, 0) is 14.3 Å². The number of pyridine rings is 1. The number of hydrogen-bond acceptors (Lipinski definition) is 9. The van der Waals surface area contributed by atoms with Crippen LogP contribution in [0.5, 0.6) is 5.88 Å². The van der Waals surface area contributed by atoms with E-state index >= 15 is 0 Å². The van der Waals surface area contributed by atoms with Crippen LogP contribution in [-0.4, -0.2) is 98.4 Å². The Labute approximate surface area is 224 Å². The molecule has 0 unspecified atom stereocenters. The van der Waals surface area contributed by atoms with E-state index in [0.29, 0.717) is 12.3 Å². The predicted molar refractivity (Wildman–Crippen MR) is 141 cm³/mol. The molecule has 37 heavy (non-hydrogen) atoms. The highest BCUT2D eigenvalue weighted by molar-refractivity contribution is 6.33. The zero-order valence-electron chi connectivity index (χ0n) is 21.9. The number of anilines is 1. The minimum atomic E-state index is -0.322. The van der Waals surface area contributed by atoms with E-state index in [9.17, 15) is 9.59 Å². The molecule has 0 aliphatic carbocycles. The Kier molecular flexibility index (Phi) is 9.86. The zero-order chi connectivity index (χ0) is 26.4. The molecule has 1 aromatic rings. The van der Waals surface area contributed by atoms with Gasteiger partial charge in [-0.1, -0.05) is 18.0 Å². The smallest absolute Gasteiger partial charge is 0.306 e. The van der Waals surface area contributed by atoms with Gasteiger partial charge < -0.3 is 30.2 Å². The number of ether oxygens (including phenoxy) is 3. The van der Waals surface area contributed by atoms with Gasteiger partial charge in [0.2, 0.25) is 5.88 Å². The highest BCUT2D eigenvalue weighted by atomic mass is 35.5. The van der Waals surface area contributed by atoms with Gasteiger partial charge in [-0.15, -0.1) is 0 Å². The van der Waals surface area contributed by atoms with E-state index in [-0.39, 0.29) is 52.4 Å². The first kappa shape index (κ1) is 27.9. The molecule has 4 saturated heterocycles. The van der Waals surface area contributed by atoms with Crippen molar-refractivity contribution in [2.75, 3.05) is 59.2 Å². The monoisotopic (exact) mass is 537 g/mol. The first-order valence-electron chi connectivity index (χ1n) is 13.4. The van der Waals surface area contributed by atoms with Gasteiger partial charge in [-0.3, -0.25) is 14.5 Å². The minimum Gasteiger partial charge on any atom is -0.480 e. The second kappa shape index (κ2) is 13.1. The van der Waals surface area contributed by atoms with Gasteiger partial charge in [-0.05, 0) is 63.7 Å². The molecule has 0 spiro atoms. The molecule has 11 heteroatoms. The van der Waals surface area contributed by atoms with Gasteiger partial charge in [-0.25, -0.2) is 0 Å². The van der Waals surface area contributed by atoms with Gasteiger partial charge in [0.25, 0.3) is 5.91 Å². The van der Waals surface area contributed by atoms with E-state index in [1.165, 1.54) is 13.2 Å². The molecule has 206 valence electrons. The molecule has 0 radical (unpaired) electrons. The van der Waals surface area contributed by atoms with Crippen molar-refractivity contribution < 1.29 is 23.8 Å². The number of nitrogens with two attached hydrogens (primary N) is 1. The molecule has 3 atom stereocenters. The number of unbranched alkanes of at least 4 members (excludes halogenated alkanes) is 2. The van der Waals surface area contributed by atoms with Crippen molar-refractivity contribution in [1.82, 2.24) is 20.1 Å². The predicted octanol–water partition coefficient (Wildman–Crippen LogP) is 2.34. The number of nitrogens with one attached hydrogen (secondary N) is 1.